The smallest absolute Gasteiger partial charge is 0.229 e. The van der Waals surface area contributed by atoms with Gasteiger partial charge in [-0.2, -0.15) is 0 Å². The number of hydrogen-bond acceptors (Lipinski definition) is 9. The molecule has 0 spiro atoms. The number of rotatable bonds is 18. The molecule has 2 aromatic carbocycles. The minimum Gasteiger partial charge on any atom is -0.396 e. The maximum atomic E-state index is 14.0. The van der Waals surface area contributed by atoms with Crippen LogP contribution in [0, 0.1) is 10.8 Å². The minimum atomic E-state index is -0.767. The SMILES string of the molecule is CNC(=O)C(C)(C)CCOC(C)(C)CC(=O)NCCC(=O)N1Cc2ccccc2/C(N)=C(/N(N)CC(C)(C)OCCC(C)(C)C(=O)NC)c2ccccc21. The number of carbonyl (C=O) groups excluding carboxylic acids is 4. The number of nitrogens with one attached hydrogen (secondary N) is 3. The summed E-state index contributed by atoms with van der Waals surface area (Å²) in [6, 6.07) is 15.2. The van der Waals surface area contributed by atoms with Gasteiger partial charge >= 0.3 is 0 Å². The standard InChI is InChI=1S/C41H63N7O6/c1-38(2,36(51)44-9)20-23-53-40(5,6)25-32(49)46-22-19-33(50)47-26-28-15-11-12-16-29(28)34(42)35(30-17-13-14-18-31(30)47)48(43)27-41(7,8)54-24-21-39(3,4)37(52)45-10/h11-18H,19-27,42-43H2,1-10H3,(H,44,51)(H,45,52)(H,46,49)/b35-34-. The first kappa shape index (κ1) is 43.9. The number of fused-ring (bicyclic) bond motifs is 2. The zero-order valence-corrected chi connectivity index (χ0v) is 34.0. The first-order chi connectivity index (χ1) is 25.1. The van der Waals surface area contributed by atoms with Crippen LogP contribution in [0.15, 0.2) is 48.5 Å². The minimum absolute atomic E-state index is 0.0536. The molecule has 0 bridgehead atoms. The Morgan fingerprint density at radius 1 is 0.778 bits per heavy atom. The molecule has 0 saturated heterocycles. The molecule has 0 atom stereocenters. The fourth-order valence-corrected chi connectivity index (χ4v) is 6.44. The van der Waals surface area contributed by atoms with Gasteiger partial charge in [-0.15, -0.1) is 0 Å². The summed E-state index contributed by atoms with van der Waals surface area (Å²) in [7, 11) is 3.23. The van der Waals surface area contributed by atoms with Gasteiger partial charge in [0.05, 0.1) is 47.8 Å². The first-order valence-corrected chi connectivity index (χ1v) is 18.6. The van der Waals surface area contributed by atoms with Gasteiger partial charge in [0.1, 0.15) is 0 Å². The molecule has 4 amide bonds. The van der Waals surface area contributed by atoms with Crippen LogP contribution in [0.25, 0.3) is 11.4 Å². The van der Waals surface area contributed by atoms with Crippen LogP contribution in [-0.2, 0) is 35.2 Å². The van der Waals surface area contributed by atoms with Crippen molar-refractivity contribution in [3.63, 3.8) is 0 Å². The van der Waals surface area contributed by atoms with Crippen LogP contribution in [0.4, 0.5) is 5.69 Å². The molecular formula is C41H63N7O6. The van der Waals surface area contributed by atoms with Gasteiger partial charge in [-0.25, -0.2) is 5.84 Å². The quantitative estimate of drug-likeness (QED) is 0.110. The van der Waals surface area contributed by atoms with Crippen molar-refractivity contribution in [3.8, 4) is 0 Å². The van der Waals surface area contributed by atoms with Crippen LogP contribution >= 0.6 is 0 Å². The van der Waals surface area contributed by atoms with Gasteiger partial charge in [0, 0.05) is 62.2 Å². The lowest BCUT2D eigenvalue weighted by Crippen LogP contribution is -2.45. The Balaban J connectivity index is 1.77. The average Bonchev–Trinajstić information content (AvgIpc) is 3.08. The lowest BCUT2D eigenvalue weighted by molar-refractivity contribution is -0.133. The Morgan fingerprint density at radius 3 is 1.87 bits per heavy atom. The topological polar surface area (TPSA) is 181 Å². The number of para-hydroxylation sites is 1. The molecule has 1 heterocycles. The van der Waals surface area contributed by atoms with Crippen molar-refractivity contribution >= 4 is 40.7 Å². The fourth-order valence-electron chi connectivity index (χ4n) is 6.44. The molecule has 2 aromatic rings. The van der Waals surface area contributed by atoms with E-state index in [9.17, 15) is 19.2 Å². The van der Waals surface area contributed by atoms with E-state index in [0.717, 1.165) is 11.1 Å². The molecule has 1 aliphatic heterocycles. The Labute approximate surface area is 321 Å². The normalized spacial score (nSPS) is 15.0. The van der Waals surface area contributed by atoms with Crippen molar-refractivity contribution in [2.24, 2.45) is 22.4 Å². The molecule has 0 aromatic heterocycles. The number of benzene rings is 2. The molecule has 0 radical (unpaired) electrons. The third-order valence-corrected chi connectivity index (χ3v) is 9.85. The summed E-state index contributed by atoms with van der Waals surface area (Å²) in [6.45, 7) is 16.3. The second-order valence-electron chi connectivity index (χ2n) is 16.5. The molecular weight excluding hydrogens is 686 g/mol. The van der Waals surface area contributed by atoms with E-state index < -0.39 is 22.0 Å². The molecule has 0 saturated carbocycles. The fraction of sp³-hybridized carbons (Fsp3) is 0.561. The van der Waals surface area contributed by atoms with Gasteiger partial charge in [0.2, 0.25) is 23.6 Å². The van der Waals surface area contributed by atoms with Crippen LogP contribution in [-0.4, -0.2) is 80.2 Å². The number of nitrogens with zero attached hydrogens (tertiary/aromatic N) is 2. The van der Waals surface area contributed by atoms with Gasteiger partial charge in [-0.3, -0.25) is 19.2 Å². The summed E-state index contributed by atoms with van der Waals surface area (Å²) in [6.07, 6.45) is 1.16. The van der Waals surface area contributed by atoms with E-state index in [1.807, 2.05) is 104 Å². The molecule has 0 unspecified atom stereocenters. The monoisotopic (exact) mass is 749 g/mol. The van der Waals surface area contributed by atoms with Crippen LogP contribution in [0.1, 0.15) is 97.8 Å². The molecule has 13 heteroatoms. The van der Waals surface area contributed by atoms with Gasteiger partial charge in [0.15, 0.2) is 0 Å². The third kappa shape index (κ3) is 11.8. The summed E-state index contributed by atoms with van der Waals surface area (Å²) in [5.74, 6) is 6.32. The second-order valence-corrected chi connectivity index (χ2v) is 16.5. The van der Waals surface area contributed by atoms with Crippen molar-refractivity contribution in [2.75, 3.05) is 45.3 Å². The van der Waals surface area contributed by atoms with Crippen LogP contribution in [0.3, 0.4) is 0 Å². The number of nitrogens with two attached hydrogens (primary N) is 2. The largest absolute Gasteiger partial charge is 0.396 e. The van der Waals surface area contributed by atoms with E-state index in [0.29, 0.717) is 48.7 Å². The highest BCUT2D eigenvalue weighted by atomic mass is 16.5. The van der Waals surface area contributed by atoms with Gasteiger partial charge < -0.3 is 41.1 Å². The van der Waals surface area contributed by atoms with Crippen LogP contribution < -0.4 is 32.4 Å². The number of ether oxygens (including phenoxy) is 2. The number of anilines is 1. The molecule has 1 aliphatic rings. The molecule has 298 valence electrons. The van der Waals surface area contributed by atoms with Gasteiger partial charge in [-0.05, 0) is 52.2 Å². The summed E-state index contributed by atoms with van der Waals surface area (Å²) in [5.41, 5.74) is 8.20. The maximum absolute atomic E-state index is 14.0. The Morgan fingerprint density at radius 2 is 1.30 bits per heavy atom. The highest BCUT2D eigenvalue weighted by molar-refractivity contribution is 6.01. The van der Waals surface area contributed by atoms with E-state index in [-0.39, 0.29) is 56.1 Å². The van der Waals surface area contributed by atoms with Crippen LogP contribution in [0.5, 0.6) is 0 Å². The molecule has 54 heavy (non-hydrogen) atoms. The first-order valence-electron chi connectivity index (χ1n) is 18.6. The average molecular weight is 750 g/mol. The highest BCUT2D eigenvalue weighted by Crippen LogP contribution is 2.38. The van der Waals surface area contributed by atoms with Gasteiger partial charge in [-0.1, -0.05) is 70.2 Å². The number of carbonyl (C=O) groups is 4. The van der Waals surface area contributed by atoms with E-state index in [2.05, 4.69) is 16.0 Å². The van der Waals surface area contributed by atoms with Crippen LogP contribution in [0.2, 0.25) is 0 Å². The molecule has 3 rings (SSSR count). The third-order valence-electron chi connectivity index (χ3n) is 9.85. The molecule has 0 aliphatic carbocycles. The Bertz CT molecular complexity index is 1680. The molecule has 0 fully saturated rings. The lowest BCUT2D eigenvalue weighted by atomic mass is 9.88. The summed E-state index contributed by atoms with van der Waals surface area (Å²) in [4.78, 5) is 53.2. The molecule has 13 nitrogen and oxygen atoms in total. The van der Waals surface area contributed by atoms with Crippen molar-refractivity contribution < 1.29 is 28.7 Å². The zero-order chi connectivity index (χ0) is 40.5. The van der Waals surface area contributed by atoms with Gasteiger partial charge in [0.25, 0.3) is 0 Å². The summed E-state index contributed by atoms with van der Waals surface area (Å²) in [5, 5.41) is 9.84. The Kier molecular flexibility index (Phi) is 14.8. The number of hydrazine groups is 1. The van der Waals surface area contributed by atoms with Crippen molar-refractivity contribution in [2.45, 2.75) is 98.8 Å². The predicted octanol–water partition coefficient (Wildman–Crippen LogP) is 4.30. The van der Waals surface area contributed by atoms with E-state index in [1.165, 1.54) is 0 Å². The van der Waals surface area contributed by atoms with E-state index in [1.54, 1.807) is 24.0 Å². The Hall–Kier alpha value is -4.46. The zero-order valence-electron chi connectivity index (χ0n) is 34.0. The summed E-state index contributed by atoms with van der Waals surface area (Å²) >= 11 is 0. The van der Waals surface area contributed by atoms with E-state index in [4.69, 9.17) is 21.1 Å². The predicted molar refractivity (Wildman–Crippen MR) is 213 cm³/mol. The molecule has 7 N–H and O–H groups in total. The number of amides is 4. The maximum Gasteiger partial charge on any atom is 0.229 e. The van der Waals surface area contributed by atoms with Crippen molar-refractivity contribution in [1.82, 2.24) is 21.0 Å². The number of hydrogen-bond donors (Lipinski definition) is 5. The highest BCUT2D eigenvalue weighted by Gasteiger charge is 2.33. The van der Waals surface area contributed by atoms with Crippen molar-refractivity contribution in [1.29, 1.82) is 0 Å². The van der Waals surface area contributed by atoms with E-state index >= 15 is 0 Å². The lowest BCUT2D eigenvalue weighted by Gasteiger charge is -2.37. The second kappa shape index (κ2) is 18.2. The van der Waals surface area contributed by atoms with Crippen molar-refractivity contribution in [3.05, 3.63) is 65.2 Å². The summed E-state index contributed by atoms with van der Waals surface area (Å²) < 4.78 is 12.3.